The summed E-state index contributed by atoms with van der Waals surface area (Å²) in [6.07, 6.45) is 3.02. The molecule has 1 atom stereocenters. The summed E-state index contributed by atoms with van der Waals surface area (Å²) in [5, 5.41) is 3.10. The van der Waals surface area contributed by atoms with E-state index >= 15 is 0 Å². The predicted molar refractivity (Wildman–Crippen MR) is 66.9 cm³/mol. The Morgan fingerprint density at radius 2 is 2.00 bits per heavy atom. The number of nitrogens with two attached hydrogens (primary N) is 1. The molecule has 1 aromatic carbocycles. The Morgan fingerprint density at radius 1 is 1.29 bits per heavy atom. The van der Waals surface area contributed by atoms with E-state index in [9.17, 15) is 0 Å². The first kappa shape index (κ1) is 11.6. The number of hydrogen-bond acceptors (Lipinski definition) is 4. The molecule has 0 amide bonds. The van der Waals surface area contributed by atoms with Crippen molar-refractivity contribution in [2.24, 2.45) is 11.7 Å². The number of ether oxygens (including phenoxy) is 2. The summed E-state index contributed by atoms with van der Waals surface area (Å²) in [6, 6.07) is 7.61. The van der Waals surface area contributed by atoms with E-state index in [1.165, 1.54) is 0 Å². The van der Waals surface area contributed by atoms with Crippen LogP contribution in [0.3, 0.4) is 0 Å². The highest BCUT2D eigenvalue weighted by Gasteiger charge is 2.12. The van der Waals surface area contributed by atoms with Gasteiger partial charge in [0.2, 0.25) is 0 Å². The number of nitrogens with one attached hydrogen (secondary N) is 1. The Bertz CT molecular complexity index is 387. The van der Waals surface area contributed by atoms with E-state index in [4.69, 9.17) is 15.2 Å². The van der Waals surface area contributed by atoms with Gasteiger partial charge in [-0.3, -0.25) is 0 Å². The van der Waals surface area contributed by atoms with Crippen molar-refractivity contribution in [2.75, 3.05) is 20.3 Å². The van der Waals surface area contributed by atoms with Gasteiger partial charge in [0.25, 0.3) is 0 Å². The van der Waals surface area contributed by atoms with Gasteiger partial charge in [-0.15, -0.1) is 0 Å². The molecule has 0 saturated heterocycles. The van der Waals surface area contributed by atoms with E-state index in [2.05, 4.69) is 11.4 Å². The maximum atomic E-state index is 5.65. The van der Waals surface area contributed by atoms with Crippen molar-refractivity contribution in [3.05, 3.63) is 36.2 Å². The zero-order valence-electron chi connectivity index (χ0n) is 9.98. The Labute approximate surface area is 101 Å². The number of rotatable bonds is 5. The van der Waals surface area contributed by atoms with Crippen LogP contribution in [0, 0.1) is 5.92 Å². The van der Waals surface area contributed by atoms with Gasteiger partial charge in [0, 0.05) is 12.5 Å². The number of hydrogen-bond donors (Lipinski definition) is 2. The molecule has 0 unspecified atom stereocenters. The first-order valence-corrected chi connectivity index (χ1v) is 5.76. The summed E-state index contributed by atoms with van der Waals surface area (Å²) in [6.45, 7) is 1.61. The monoisotopic (exact) mass is 234 g/mol. The second kappa shape index (κ2) is 5.48. The molecule has 1 aliphatic rings. The molecule has 2 rings (SSSR count). The Kier molecular flexibility index (Phi) is 3.75. The Hall–Kier alpha value is -1.84. The maximum Gasteiger partial charge on any atom is 0.119 e. The van der Waals surface area contributed by atoms with Gasteiger partial charge in [-0.25, -0.2) is 0 Å². The van der Waals surface area contributed by atoms with E-state index in [1.807, 2.05) is 24.3 Å². The fourth-order valence-corrected chi connectivity index (χ4v) is 1.81. The van der Waals surface area contributed by atoms with Gasteiger partial charge in [0.05, 0.1) is 19.5 Å². The average Bonchev–Trinajstić information content (AvgIpc) is 2.76. The summed E-state index contributed by atoms with van der Waals surface area (Å²) >= 11 is 0. The summed E-state index contributed by atoms with van der Waals surface area (Å²) < 4.78 is 10.7. The smallest absolute Gasteiger partial charge is 0.119 e. The van der Waals surface area contributed by atoms with Gasteiger partial charge >= 0.3 is 0 Å². The third kappa shape index (κ3) is 3.31. The zero-order chi connectivity index (χ0) is 12.1. The highest BCUT2D eigenvalue weighted by Crippen LogP contribution is 2.18. The SMILES string of the molecule is COc1ccc(OCC[C@H]2C=C(N)NC2)cc1. The number of benzene rings is 1. The Balaban J connectivity index is 1.74. The fraction of sp³-hybridized carbons (Fsp3) is 0.385. The van der Waals surface area contributed by atoms with Crippen LogP contribution in [0.25, 0.3) is 0 Å². The topological polar surface area (TPSA) is 56.5 Å². The molecular weight excluding hydrogens is 216 g/mol. The van der Waals surface area contributed by atoms with Crippen molar-refractivity contribution in [1.29, 1.82) is 0 Å². The minimum Gasteiger partial charge on any atom is -0.497 e. The minimum absolute atomic E-state index is 0.480. The molecule has 1 heterocycles. The second-order valence-corrected chi connectivity index (χ2v) is 4.08. The van der Waals surface area contributed by atoms with Gasteiger partial charge < -0.3 is 20.5 Å². The molecular formula is C13H18N2O2. The lowest BCUT2D eigenvalue weighted by Gasteiger charge is -2.09. The van der Waals surface area contributed by atoms with Crippen LogP contribution < -0.4 is 20.5 Å². The van der Waals surface area contributed by atoms with Crippen LogP contribution in [-0.2, 0) is 0 Å². The zero-order valence-corrected chi connectivity index (χ0v) is 9.98. The van der Waals surface area contributed by atoms with Crippen LogP contribution >= 0.6 is 0 Å². The molecule has 4 heteroatoms. The van der Waals surface area contributed by atoms with Crippen molar-refractivity contribution in [2.45, 2.75) is 6.42 Å². The maximum absolute atomic E-state index is 5.65. The van der Waals surface area contributed by atoms with Gasteiger partial charge in [-0.05, 0) is 36.8 Å². The quantitative estimate of drug-likeness (QED) is 0.810. The van der Waals surface area contributed by atoms with Crippen LogP contribution in [0.2, 0.25) is 0 Å². The molecule has 0 bridgehead atoms. The normalized spacial score (nSPS) is 18.4. The number of methoxy groups -OCH3 is 1. The molecule has 0 saturated carbocycles. The summed E-state index contributed by atoms with van der Waals surface area (Å²) in [5.41, 5.74) is 5.64. The van der Waals surface area contributed by atoms with Crippen molar-refractivity contribution >= 4 is 0 Å². The molecule has 1 aliphatic heterocycles. The molecule has 0 aliphatic carbocycles. The van der Waals surface area contributed by atoms with Crippen molar-refractivity contribution in [1.82, 2.24) is 5.32 Å². The van der Waals surface area contributed by atoms with Crippen molar-refractivity contribution in [3.63, 3.8) is 0 Å². The second-order valence-electron chi connectivity index (χ2n) is 4.08. The predicted octanol–water partition coefficient (Wildman–Crippen LogP) is 1.48. The highest BCUT2D eigenvalue weighted by molar-refractivity contribution is 5.31. The van der Waals surface area contributed by atoms with E-state index in [-0.39, 0.29) is 0 Å². The summed E-state index contributed by atoms with van der Waals surface area (Å²) in [4.78, 5) is 0. The van der Waals surface area contributed by atoms with E-state index in [1.54, 1.807) is 7.11 Å². The van der Waals surface area contributed by atoms with Crippen molar-refractivity contribution in [3.8, 4) is 11.5 Å². The van der Waals surface area contributed by atoms with Gasteiger partial charge in [-0.1, -0.05) is 0 Å². The lowest BCUT2D eigenvalue weighted by atomic mass is 10.1. The van der Waals surface area contributed by atoms with E-state index in [0.29, 0.717) is 12.5 Å². The van der Waals surface area contributed by atoms with Crippen LogP contribution in [0.1, 0.15) is 6.42 Å². The molecule has 0 radical (unpaired) electrons. The molecule has 0 fully saturated rings. The van der Waals surface area contributed by atoms with Crippen LogP contribution in [-0.4, -0.2) is 20.3 Å². The lowest BCUT2D eigenvalue weighted by Crippen LogP contribution is -2.17. The largest absolute Gasteiger partial charge is 0.497 e. The molecule has 0 aromatic heterocycles. The minimum atomic E-state index is 0.480. The van der Waals surface area contributed by atoms with Gasteiger partial charge in [-0.2, -0.15) is 0 Å². The average molecular weight is 234 g/mol. The molecule has 3 N–H and O–H groups in total. The van der Waals surface area contributed by atoms with Gasteiger partial charge in [0.1, 0.15) is 11.5 Å². The molecule has 0 spiro atoms. The Morgan fingerprint density at radius 3 is 2.59 bits per heavy atom. The van der Waals surface area contributed by atoms with Crippen LogP contribution in [0.15, 0.2) is 36.2 Å². The summed E-state index contributed by atoms with van der Waals surface area (Å²) in [7, 11) is 1.65. The molecule has 92 valence electrons. The first-order valence-electron chi connectivity index (χ1n) is 5.76. The first-order chi connectivity index (χ1) is 8.28. The molecule has 17 heavy (non-hydrogen) atoms. The van der Waals surface area contributed by atoms with Gasteiger partial charge in [0.15, 0.2) is 0 Å². The highest BCUT2D eigenvalue weighted by atomic mass is 16.5. The van der Waals surface area contributed by atoms with E-state index < -0.39 is 0 Å². The van der Waals surface area contributed by atoms with Crippen LogP contribution in [0.5, 0.6) is 11.5 Å². The van der Waals surface area contributed by atoms with Crippen LogP contribution in [0.4, 0.5) is 0 Å². The third-order valence-corrected chi connectivity index (χ3v) is 2.80. The van der Waals surface area contributed by atoms with E-state index in [0.717, 1.165) is 30.3 Å². The molecule has 1 aromatic rings. The third-order valence-electron chi connectivity index (χ3n) is 2.80. The molecule has 4 nitrogen and oxygen atoms in total. The standard InChI is InChI=1S/C13H18N2O2/c1-16-11-2-4-12(5-3-11)17-7-6-10-8-13(14)15-9-10/h2-5,8,10,15H,6-7,9,14H2,1H3/t10-/m0/s1. The fourth-order valence-electron chi connectivity index (χ4n) is 1.81. The van der Waals surface area contributed by atoms with Crippen molar-refractivity contribution < 1.29 is 9.47 Å². The summed E-state index contributed by atoms with van der Waals surface area (Å²) in [5.74, 6) is 2.97. The lowest BCUT2D eigenvalue weighted by molar-refractivity contribution is 0.293.